The van der Waals surface area contributed by atoms with Crippen LogP contribution in [0.2, 0.25) is 5.02 Å². The van der Waals surface area contributed by atoms with Crippen molar-refractivity contribution in [1.29, 1.82) is 0 Å². The zero-order chi connectivity index (χ0) is 13.0. The van der Waals surface area contributed by atoms with Crippen molar-refractivity contribution >= 4 is 23.1 Å². The molecule has 92 valence electrons. The van der Waals surface area contributed by atoms with Gasteiger partial charge in [0.1, 0.15) is 5.84 Å². The maximum atomic E-state index is 6.05. The molecule has 0 bridgehead atoms. The highest BCUT2D eigenvalue weighted by atomic mass is 35.5. The van der Waals surface area contributed by atoms with Crippen LogP contribution < -0.4 is 11.5 Å². The SMILES string of the molecule is NC(=NCc1ccccc1Cl)c1ccccc1N. The van der Waals surface area contributed by atoms with Crippen LogP contribution in [-0.2, 0) is 6.54 Å². The van der Waals surface area contributed by atoms with E-state index in [1.54, 1.807) is 6.07 Å². The molecule has 0 spiro atoms. The zero-order valence-corrected chi connectivity index (χ0v) is 10.6. The van der Waals surface area contributed by atoms with E-state index in [2.05, 4.69) is 4.99 Å². The van der Waals surface area contributed by atoms with Crippen molar-refractivity contribution in [1.82, 2.24) is 0 Å². The molecular formula is C14H14ClN3. The fraction of sp³-hybridized carbons (Fsp3) is 0.0714. The number of hydrogen-bond acceptors (Lipinski definition) is 2. The molecule has 4 heteroatoms. The Kier molecular flexibility index (Phi) is 3.85. The number of amidine groups is 1. The smallest absolute Gasteiger partial charge is 0.128 e. The number of hydrogen-bond donors (Lipinski definition) is 2. The van der Waals surface area contributed by atoms with Gasteiger partial charge in [-0.05, 0) is 23.8 Å². The highest BCUT2D eigenvalue weighted by molar-refractivity contribution is 6.31. The number of para-hydroxylation sites is 1. The van der Waals surface area contributed by atoms with Gasteiger partial charge < -0.3 is 11.5 Å². The Bertz CT molecular complexity index is 579. The van der Waals surface area contributed by atoms with Crippen LogP contribution in [0.15, 0.2) is 53.5 Å². The summed E-state index contributed by atoms with van der Waals surface area (Å²) in [6.07, 6.45) is 0. The Hall–Kier alpha value is -2.00. The van der Waals surface area contributed by atoms with Crippen LogP contribution in [0, 0.1) is 0 Å². The first-order valence-electron chi connectivity index (χ1n) is 5.56. The maximum Gasteiger partial charge on any atom is 0.128 e. The zero-order valence-electron chi connectivity index (χ0n) is 9.81. The molecule has 0 saturated carbocycles. The van der Waals surface area contributed by atoms with Gasteiger partial charge in [-0.3, -0.25) is 4.99 Å². The minimum Gasteiger partial charge on any atom is -0.398 e. The molecule has 0 aliphatic rings. The first-order valence-corrected chi connectivity index (χ1v) is 5.94. The lowest BCUT2D eigenvalue weighted by atomic mass is 10.1. The molecule has 0 radical (unpaired) electrons. The highest BCUT2D eigenvalue weighted by Crippen LogP contribution is 2.16. The summed E-state index contributed by atoms with van der Waals surface area (Å²) >= 11 is 6.05. The minimum atomic E-state index is 0.424. The molecule has 3 nitrogen and oxygen atoms in total. The van der Waals surface area contributed by atoms with Gasteiger partial charge in [0.25, 0.3) is 0 Å². The molecule has 0 amide bonds. The summed E-state index contributed by atoms with van der Waals surface area (Å²) in [5.74, 6) is 0.424. The molecule has 0 atom stereocenters. The summed E-state index contributed by atoms with van der Waals surface area (Å²) in [6.45, 7) is 0.444. The third kappa shape index (κ3) is 2.81. The van der Waals surface area contributed by atoms with Crippen LogP contribution in [0.4, 0.5) is 5.69 Å². The van der Waals surface area contributed by atoms with E-state index in [0.29, 0.717) is 23.1 Å². The van der Waals surface area contributed by atoms with Crippen molar-refractivity contribution in [2.24, 2.45) is 10.7 Å². The maximum absolute atomic E-state index is 6.05. The van der Waals surface area contributed by atoms with Crippen molar-refractivity contribution in [2.75, 3.05) is 5.73 Å². The molecule has 4 N–H and O–H groups in total. The molecular weight excluding hydrogens is 246 g/mol. The van der Waals surface area contributed by atoms with Gasteiger partial charge in [0.2, 0.25) is 0 Å². The molecule has 0 saturated heterocycles. The summed E-state index contributed by atoms with van der Waals surface area (Å²) in [5, 5.41) is 0.690. The number of anilines is 1. The van der Waals surface area contributed by atoms with Crippen molar-refractivity contribution in [2.45, 2.75) is 6.54 Å². The van der Waals surface area contributed by atoms with Gasteiger partial charge in [-0.2, -0.15) is 0 Å². The van der Waals surface area contributed by atoms with Gasteiger partial charge >= 0.3 is 0 Å². The molecule has 2 aromatic carbocycles. The Morgan fingerprint density at radius 3 is 2.44 bits per heavy atom. The summed E-state index contributed by atoms with van der Waals surface area (Å²) in [4.78, 5) is 4.32. The molecule has 0 unspecified atom stereocenters. The van der Waals surface area contributed by atoms with E-state index in [4.69, 9.17) is 23.1 Å². The molecule has 2 rings (SSSR count). The van der Waals surface area contributed by atoms with Gasteiger partial charge in [0, 0.05) is 16.3 Å². The molecule has 0 aliphatic heterocycles. The highest BCUT2D eigenvalue weighted by Gasteiger charge is 2.03. The largest absolute Gasteiger partial charge is 0.398 e. The van der Waals surface area contributed by atoms with Gasteiger partial charge in [-0.1, -0.05) is 41.9 Å². The second kappa shape index (κ2) is 5.56. The first-order chi connectivity index (χ1) is 8.68. The molecule has 0 fully saturated rings. The summed E-state index contributed by atoms with van der Waals surface area (Å²) < 4.78 is 0. The van der Waals surface area contributed by atoms with E-state index in [1.807, 2.05) is 42.5 Å². The Morgan fingerprint density at radius 2 is 1.72 bits per heavy atom. The fourth-order valence-corrected chi connectivity index (χ4v) is 1.81. The standard InChI is InChI=1S/C14H14ClN3/c15-12-7-3-1-5-10(12)9-18-14(17)11-6-2-4-8-13(11)16/h1-8H,9,16H2,(H2,17,18). The van der Waals surface area contributed by atoms with Crippen molar-refractivity contribution < 1.29 is 0 Å². The van der Waals surface area contributed by atoms with Crippen LogP contribution in [0.5, 0.6) is 0 Å². The van der Waals surface area contributed by atoms with Crippen LogP contribution in [0.25, 0.3) is 0 Å². The molecule has 0 aliphatic carbocycles. The normalized spacial score (nSPS) is 11.5. The van der Waals surface area contributed by atoms with Crippen molar-refractivity contribution in [3.63, 3.8) is 0 Å². The number of nitrogen functional groups attached to an aromatic ring is 1. The number of halogens is 1. The van der Waals surface area contributed by atoms with E-state index in [9.17, 15) is 0 Å². The lowest BCUT2D eigenvalue weighted by Crippen LogP contribution is -2.15. The van der Waals surface area contributed by atoms with Crippen molar-refractivity contribution in [3.05, 3.63) is 64.7 Å². The summed E-state index contributed by atoms with van der Waals surface area (Å²) in [5.41, 5.74) is 14.1. The quantitative estimate of drug-likeness (QED) is 0.506. The Balaban J connectivity index is 2.20. The average molecular weight is 260 g/mol. The molecule has 0 aromatic heterocycles. The second-order valence-electron chi connectivity index (χ2n) is 3.88. The van der Waals surface area contributed by atoms with Gasteiger partial charge in [-0.25, -0.2) is 0 Å². The summed E-state index contributed by atoms with van der Waals surface area (Å²) in [7, 11) is 0. The van der Waals surface area contributed by atoms with E-state index in [-0.39, 0.29) is 0 Å². The van der Waals surface area contributed by atoms with Crippen LogP contribution in [0.1, 0.15) is 11.1 Å². The van der Waals surface area contributed by atoms with Crippen LogP contribution in [-0.4, -0.2) is 5.84 Å². The molecule has 18 heavy (non-hydrogen) atoms. The fourth-order valence-electron chi connectivity index (χ4n) is 1.61. The van der Waals surface area contributed by atoms with E-state index >= 15 is 0 Å². The molecule has 2 aromatic rings. The topological polar surface area (TPSA) is 64.4 Å². The lowest BCUT2D eigenvalue weighted by Gasteiger charge is -2.05. The van der Waals surface area contributed by atoms with E-state index < -0.39 is 0 Å². The van der Waals surface area contributed by atoms with E-state index in [1.165, 1.54) is 0 Å². The average Bonchev–Trinajstić information content (AvgIpc) is 2.38. The molecule has 0 heterocycles. The number of nitrogens with zero attached hydrogens (tertiary/aromatic N) is 1. The van der Waals surface area contributed by atoms with Gasteiger partial charge in [0.05, 0.1) is 6.54 Å². The monoisotopic (exact) mass is 259 g/mol. The third-order valence-corrected chi connectivity index (χ3v) is 2.98. The second-order valence-corrected chi connectivity index (χ2v) is 4.29. The van der Waals surface area contributed by atoms with Crippen LogP contribution >= 0.6 is 11.6 Å². The lowest BCUT2D eigenvalue weighted by molar-refractivity contribution is 1.06. The predicted molar refractivity (Wildman–Crippen MR) is 76.7 cm³/mol. The Labute approximate surface area is 111 Å². The predicted octanol–water partition coefficient (Wildman–Crippen LogP) is 2.83. The van der Waals surface area contributed by atoms with E-state index in [0.717, 1.165) is 11.1 Å². The Morgan fingerprint density at radius 1 is 1.06 bits per heavy atom. The third-order valence-electron chi connectivity index (χ3n) is 2.61. The number of rotatable bonds is 3. The van der Waals surface area contributed by atoms with Crippen LogP contribution in [0.3, 0.4) is 0 Å². The minimum absolute atomic E-state index is 0.424. The van der Waals surface area contributed by atoms with Gasteiger partial charge in [-0.15, -0.1) is 0 Å². The summed E-state index contributed by atoms with van der Waals surface area (Å²) in [6, 6.07) is 14.9. The number of nitrogens with two attached hydrogens (primary N) is 2. The van der Waals surface area contributed by atoms with Crippen molar-refractivity contribution in [3.8, 4) is 0 Å². The van der Waals surface area contributed by atoms with Gasteiger partial charge in [0.15, 0.2) is 0 Å². The number of benzene rings is 2. The first kappa shape index (κ1) is 12.5. The number of aliphatic imine (C=N–C) groups is 1.